The SMILES string of the molecule is CC(C)NCCC(=O)NCC1CCN(CC(F)(F)F)C1. The first-order valence-corrected chi connectivity index (χ1v) is 7.05. The third-order valence-corrected chi connectivity index (χ3v) is 3.27. The monoisotopic (exact) mass is 295 g/mol. The number of nitrogens with one attached hydrogen (secondary N) is 2. The van der Waals surface area contributed by atoms with Gasteiger partial charge in [0.1, 0.15) is 0 Å². The van der Waals surface area contributed by atoms with Crippen LogP contribution in [0.2, 0.25) is 0 Å². The van der Waals surface area contributed by atoms with Gasteiger partial charge in [-0.25, -0.2) is 0 Å². The minimum atomic E-state index is -4.14. The van der Waals surface area contributed by atoms with Crippen LogP contribution in [0.4, 0.5) is 13.2 Å². The molecular weight excluding hydrogens is 271 g/mol. The van der Waals surface area contributed by atoms with Crippen LogP contribution in [-0.2, 0) is 4.79 Å². The van der Waals surface area contributed by atoms with Crippen molar-refractivity contribution in [2.75, 3.05) is 32.7 Å². The quantitative estimate of drug-likeness (QED) is 0.746. The lowest BCUT2D eigenvalue weighted by Gasteiger charge is -2.18. The lowest BCUT2D eigenvalue weighted by atomic mass is 10.1. The zero-order chi connectivity index (χ0) is 15.2. The van der Waals surface area contributed by atoms with Crippen LogP contribution in [0.5, 0.6) is 0 Å². The van der Waals surface area contributed by atoms with E-state index < -0.39 is 12.7 Å². The molecule has 0 aromatic heterocycles. The molecule has 0 radical (unpaired) electrons. The van der Waals surface area contributed by atoms with Gasteiger partial charge < -0.3 is 10.6 Å². The van der Waals surface area contributed by atoms with Crippen LogP contribution in [0, 0.1) is 5.92 Å². The summed E-state index contributed by atoms with van der Waals surface area (Å²) in [4.78, 5) is 12.9. The molecule has 1 aliphatic heterocycles. The summed E-state index contributed by atoms with van der Waals surface area (Å²) in [7, 11) is 0. The average Bonchev–Trinajstić information content (AvgIpc) is 2.71. The Morgan fingerprint density at radius 3 is 2.70 bits per heavy atom. The van der Waals surface area contributed by atoms with Gasteiger partial charge in [0, 0.05) is 32.1 Å². The van der Waals surface area contributed by atoms with E-state index in [0.29, 0.717) is 45.1 Å². The molecule has 0 aliphatic carbocycles. The highest BCUT2D eigenvalue weighted by molar-refractivity contribution is 5.76. The lowest BCUT2D eigenvalue weighted by Crippen LogP contribution is -2.35. The van der Waals surface area contributed by atoms with Crippen LogP contribution in [0.15, 0.2) is 0 Å². The van der Waals surface area contributed by atoms with Crippen LogP contribution in [0.3, 0.4) is 0 Å². The van der Waals surface area contributed by atoms with Crippen LogP contribution < -0.4 is 10.6 Å². The summed E-state index contributed by atoms with van der Waals surface area (Å²) in [5, 5.41) is 5.94. The minimum Gasteiger partial charge on any atom is -0.356 e. The summed E-state index contributed by atoms with van der Waals surface area (Å²) in [6.45, 7) is 5.11. The number of carbonyl (C=O) groups excluding carboxylic acids is 1. The van der Waals surface area contributed by atoms with Crippen molar-refractivity contribution in [2.45, 2.75) is 38.9 Å². The molecule has 1 unspecified atom stereocenters. The fraction of sp³-hybridized carbons (Fsp3) is 0.923. The molecule has 118 valence electrons. The number of halogens is 3. The second-order valence-electron chi connectivity index (χ2n) is 5.67. The molecule has 0 saturated carbocycles. The van der Waals surface area contributed by atoms with Crippen LogP contribution >= 0.6 is 0 Å². The van der Waals surface area contributed by atoms with Gasteiger partial charge in [0.15, 0.2) is 0 Å². The maximum atomic E-state index is 12.2. The number of nitrogens with zero attached hydrogens (tertiary/aromatic N) is 1. The highest BCUT2D eigenvalue weighted by Crippen LogP contribution is 2.22. The molecule has 1 amide bonds. The van der Waals surface area contributed by atoms with E-state index in [2.05, 4.69) is 10.6 Å². The Morgan fingerprint density at radius 2 is 2.10 bits per heavy atom. The highest BCUT2D eigenvalue weighted by Gasteiger charge is 2.34. The Labute approximate surface area is 118 Å². The van der Waals surface area contributed by atoms with E-state index in [1.807, 2.05) is 13.8 Å². The molecule has 20 heavy (non-hydrogen) atoms. The summed E-state index contributed by atoms with van der Waals surface area (Å²) in [5.41, 5.74) is 0. The van der Waals surface area contributed by atoms with Crippen LogP contribution in [-0.4, -0.2) is 55.7 Å². The van der Waals surface area contributed by atoms with Gasteiger partial charge in [-0.1, -0.05) is 13.8 Å². The van der Waals surface area contributed by atoms with Crippen LogP contribution in [0.25, 0.3) is 0 Å². The van der Waals surface area contributed by atoms with Gasteiger partial charge in [-0.2, -0.15) is 13.2 Å². The molecule has 1 rings (SSSR count). The molecule has 0 aromatic rings. The number of amides is 1. The van der Waals surface area contributed by atoms with Crippen molar-refractivity contribution in [3.8, 4) is 0 Å². The topological polar surface area (TPSA) is 44.4 Å². The van der Waals surface area contributed by atoms with Crippen molar-refractivity contribution in [3.63, 3.8) is 0 Å². The number of rotatable bonds is 7. The van der Waals surface area contributed by atoms with Gasteiger partial charge in [0.25, 0.3) is 0 Å². The molecule has 4 nitrogen and oxygen atoms in total. The van der Waals surface area contributed by atoms with Gasteiger partial charge in [-0.05, 0) is 18.9 Å². The second kappa shape index (κ2) is 7.83. The summed E-state index contributed by atoms with van der Waals surface area (Å²) in [6, 6.07) is 0.341. The minimum absolute atomic E-state index is 0.0487. The summed E-state index contributed by atoms with van der Waals surface area (Å²) < 4.78 is 36.7. The number of carbonyl (C=O) groups is 1. The number of likely N-dealkylation sites (tertiary alicyclic amines) is 1. The Morgan fingerprint density at radius 1 is 1.40 bits per heavy atom. The first-order valence-electron chi connectivity index (χ1n) is 7.05. The fourth-order valence-corrected chi connectivity index (χ4v) is 2.30. The van der Waals surface area contributed by atoms with Gasteiger partial charge in [0.2, 0.25) is 5.91 Å². The largest absolute Gasteiger partial charge is 0.401 e. The van der Waals surface area contributed by atoms with Gasteiger partial charge >= 0.3 is 6.18 Å². The Bertz CT molecular complexity index is 308. The zero-order valence-electron chi connectivity index (χ0n) is 12.1. The van der Waals surface area contributed by atoms with Gasteiger partial charge in [-0.15, -0.1) is 0 Å². The third kappa shape index (κ3) is 7.69. The predicted octanol–water partition coefficient (Wildman–Crippen LogP) is 1.37. The maximum Gasteiger partial charge on any atom is 0.401 e. The zero-order valence-corrected chi connectivity index (χ0v) is 12.1. The maximum absolute atomic E-state index is 12.2. The number of hydrogen-bond donors (Lipinski definition) is 2. The molecule has 0 spiro atoms. The molecule has 1 aliphatic rings. The normalized spacial score (nSPS) is 20.6. The van der Waals surface area contributed by atoms with Crippen molar-refractivity contribution in [2.24, 2.45) is 5.92 Å². The van der Waals surface area contributed by atoms with Crippen molar-refractivity contribution in [1.82, 2.24) is 15.5 Å². The Balaban J connectivity index is 2.13. The van der Waals surface area contributed by atoms with Crippen LogP contribution in [0.1, 0.15) is 26.7 Å². The summed E-state index contributed by atoms with van der Waals surface area (Å²) in [6.07, 6.45) is -3.03. The molecule has 1 fully saturated rings. The average molecular weight is 295 g/mol. The van der Waals surface area contributed by atoms with E-state index in [-0.39, 0.29) is 11.8 Å². The Hall–Kier alpha value is -0.820. The molecule has 2 N–H and O–H groups in total. The molecular formula is C13H24F3N3O. The molecule has 0 bridgehead atoms. The first-order chi connectivity index (χ1) is 9.26. The van der Waals surface area contributed by atoms with Crippen molar-refractivity contribution < 1.29 is 18.0 Å². The summed E-state index contributed by atoms with van der Waals surface area (Å²) >= 11 is 0. The summed E-state index contributed by atoms with van der Waals surface area (Å²) in [5.74, 6) is 0.0757. The third-order valence-electron chi connectivity index (χ3n) is 3.27. The highest BCUT2D eigenvalue weighted by atomic mass is 19.4. The molecule has 1 saturated heterocycles. The van der Waals surface area contributed by atoms with E-state index in [1.54, 1.807) is 0 Å². The molecule has 1 heterocycles. The number of alkyl halides is 3. The lowest BCUT2D eigenvalue weighted by molar-refractivity contribution is -0.143. The van der Waals surface area contributed by atoms with E-state index in [0.717, 1.165) is 0 Å². The Kier molecular flexibility index (Phi) is 6.75. The smallest absolute Gasteiger partial charge is 0.356 e. The van der Waals surface area contributed by atoms with Crippen molar-refractivity contribution in [1.29, 1.82) is 0 Å². The van der Waals surface area contributed by atoms with Crippen molar-refractivity contribution >= 4 is 5.91 Å². The predicted molar refractivity (Wildman–Crippen MR) is 71.4 cm³/mol. The molecule has 7 heteroatoms. The fourth-order valence-electron chi connectivity index (χ4n) is 2.30. The molecule has 0 aromatic carbocycles. The second-order valence-corrected chi connectivity index (χ2v) is 5.67. The molecule has 1 atom stereocenters. The van der Waals surface area contributed by atoms with E-state index in [9.17, 15) is 18.0 Å². The first kappa shape index (κ1) is 17.2. The van der Waals surface area contributed by atoms with Crippen molar-refractivity contribution in [3.05, 3.63) is 0 Å². The van der Waals surface area contributed by atoms with E-state index in [4.69, 9.17) is 0 Å². The van der Waals surface area contributed by atoms with E-state index >= 15 is 0 Å². The van der Waals surface area contributed by atoms with E-state index in [1.165, 1.54) is 4.90 Å². The number of hydrogen-bond acceptors (Lipinski definition) is 3. The van der Waals surface area contributed by atoms with Gasteiger partial charge in [-0.3, -0.25) is 9.69 Å². The standard InChI is InChI=1S/C13H24F3N3O/c1-10(2)17-5-3-12(20)18-7-11-4-6-19(8-11)9-13(14,15)16/h10-11,17H,3-9H2,1-2H3,(H,18,20). The van der Waals surface area contributed by atoms with Gasteiger partial charge in [0.05, 0.1) is 6.54 Å².